The average molecular weight is 436 g/mol. The van der Waals surface area contributed by atoms with E-state index in [1.54, 1.807) is 36.8 Å². The fourth-order valence-corrected chi connectivity index (χ4v) is 4.10. The Bertz CT molecular complexity index is 1200. The molecule has 1 atom stereocenters. The van der Waals surface area contributed by atoms with Crippen LogP contribution in [0.5, 0.6) is 0 Å². The summed E-state index contributed by atoms with van der Waals surface area (Å²) < 4.78 is 11.6. The number of anilines is 1. The Balaban J connectivity index is 1.50. The van der Waals surface area contributed by atoms with Crippen molar-refractivity contribution in [2.24, 2.45) is 0 Å². The van der Waals surface area contributed by atoms with Crippen molar-refractivity contribution in [2.45, 2.75) is 15.9 Å². The van der Waals surface area contributed by atoms with E-state index in [0.717, 1.165) is 10.8 Å². The van der Waals surface area contributed by atoms with Gasteiger partial charge in [-0.15, -0.1) is 0 Å². The molecule has 4 rings (SSSR count). The molecule has 1 aromatic carbocycles. The smallest absolute Gasteiger partial charge is 0.342 e. The molecule has 3 aromatic heterocycles. The molecule has 1 N–H and O–H groups in total. The number of hydrogen-bond donors (Lipinski definition) is 1. The van der Waals surface area contributed by atoms with E-state index < -0.39 is 11.2 Å². The number of carbonyl (C=O) groups excluding carboxylic acids is 1. The third-order valence-electron chi connectivity index (χ3n) is 4.19. The number of hydrogen-bond acceptors (Lipinski definition) is 7. The Hall–Kier alpha value is -3.01. The molecule has 0 spiro atoms. The Kier molecular flexibility index (Phi) is 6.22. The highest BCUT2D eigenvalue weighted by Gasteiger charge is 2.15. The van der Waals surface area contributed by atoms with Crippen LogP contribution in [0.15, 0.2) is 77.3 Å². The Labute approximate surface area is 180 Å². The minimum absolute atomic E-state index is 0.286. The van der Waals surface area contributed by atoms with Crippen LogP contribution in [0.2, 0.25) is 0 Å². The van der Waals surface area contributed by atoms with E-state index in [1.807, 2.05) is 30.3 Å². The SMILES string of the molecule is C[S+]([O-])c1nccc(CSc2ncccc2C(=O)Nc2cc3ccccc3cn2)n1. The number of thioether (sulfide) groups is 1. The summed E-state index contributed by atoms with van der Waals surface area (Å²) >= 11 is 0.130. The highest BCUT2D eigenvalue weighted by molar-refractivity contribution is 7.98. The van der Waals surface area contributed by atoms with Crippen LogP contribution in [-0.2, 0) is 16.9 Å². The summed E-state index contributed by atoms with van der Waals surface area (Å²) in [4.78, 5) is 29.8. The summed E-state index contributed by atoms with van der Waals surface area (Å²) in [6.07, 6.45) is 6.49. The largest absolute Gasteiger partial charge is 0.609 e. The van der Waals surface area contributed by atoms with Crippen LogP contribution >= 0.6 is 11.8 Å². The highest BCUT2D eigenvalue weighted by atomic mass is 32.2. The Morgan fingerprint density at radius 2 is 1.90 bits per heavy atom. The second-order valence-electron chi connectivity index (χ2n) is 6.30. The predicted molar refractivity (Wildman–Crippen MR) is 118 cm³/mol. The lowest BCUT2D eigenvalue weighted by Crippen LogP contribution is -2.14. The van der Waals surface area contributed by atoms with Crippen molar-refractivity contribution in [3.63, 3.8) is 0 Å². The van der Waals surface area contributed by atoms with Gasteiger partial charge in [-0.05, 0) is 29.7 Å². The van der Waals surface area contributed by atoms with E-state index in [9.17, 15) is 9.35 Å². The normalized spacial score (nSPS) is 11.9. The molecule has 0 saturated heterocycles. The molecule has 0 radical (unpaired) electrons. The molecule has 1 amide bonds. The number of aromatic nitrogens is 4. The van der Waals surface area contributed by atoms with Crippen molar-refractivity contribution in [3.8, 4) is 0 Å². The topological polar surface area (TPSA) is 104 Å². The number of carbonyl (C=O) groups is 1. The Morgan fingerprint density at radius 3 is 2.73 bits per heavy atom. The van der Waals surface area contributed by atoms with E-state index in [1.165, 1.54) is 18.0 Å². The number of pyridine rings is 2. The monoisotopic (exact) mass is 435 g/mol. The average Bonchev–Trinajstić information content (AvgIpc) is 2.78. The fourth-order valence-electron chi connectivity index (χ4n) is 2.75. The number of benzene rings is 1. The first-order valence-electron chi connectivity index (χ1n) is 8.99. The zero-order valence-corrected chi connectivity index (χ0v) is 17.6. The summed E-state index contributed by atoms with van der Waals surface area (Å²) in [7, 11) is 0. The van der Waals surface area contributed by atoms with E-state index in [0.29, 0.717) is 27.9 Å². The molecule has 150 valence electrons. The van der Waals surface area contributed by atoms with Crippen molar-refractivity contribution in [1.82, 2.24) is 19.9 Å². The maximum absolute atomic E-state index is 12.9. The summed E-state index contributed by atoms with van der Waals surface area (Å²) in [5.41, 5.74) is 1.17. The quantitative estimate of drug-likeness (QED) is 0.280. The van der Waals surface area contributed by atoms with Gasteiger partial charge in [0.05, 0.1) is 11.3 Å². The first-order valence-corrected chi connectivity index (χ1v) is 11.5. The molecule has 7 nitrogen and oxygen atoms in total. The first kappa shape index (κ1) is 20.3. The zero-order valence-electron chi connectivity index (χ0n) is 16.0. The fraction of sp³-hybridized carbons (Fsp3) is 0.0952. The second kappa shape index (κ2) is 9.21. The summed E-state index contributed by atoms with van der Waals surface area (Å²) in [6, 6.07) is 14.9. The van der Waals surface area contributed by atoms with Gasteiger partial charge in [-0.25, -0.2) is 9.97 Å². The molecule has 0 aliphatic heterocycles. The van der Waals surface area contributed by atoms with Crippen LogP contribution in [0.4, 0.5) is 5.82 Å². The molecular formula is C21H17N5O2S2. The maximum atomic E-state index is 12.9. The van der Waals surface area contributed by atoms with E-state index in [4.69, 9.17) is 0 Å². The molecule has 0 fully saturated rings. The van der Waals surface area contributed by atoms with Crippen molar-refractivity contribution in [3.05, 3.63) is 78.4 Å². The number of amides is 1. The van der Waals surface area contributed by atoms with Crippen molar-refractivity contribution >= 4 is 45.4 Å². The Morgan fingerprint density at radius 1 is 1.07 bits per heavy atom. The van der Waals surface area contributed by atoms with Crippen LogP contribution in [0.3, 0.4) is 0 Å². The second-order valence-corrected chi connectivity index (χ2v) is 8.54. The van der Waals surface area contributed by atoms with Gasteiger partial charge in [-0.2, -0.15) is 9.97 Å². The number of nitrogens with one attached hydrogen (secondary N) is 1. The van der Waals surface area contributed by atoms with Gasteiger partial charge in [0.25, 0.3) is 5.91 Å². The number of fused-ring (bicyclic) bond motifs is 1. The van der Waals surface area contributed by atoms with Gasteiger partial charge in [0, 0.05) is 40.9 Å². The number of rotatable bonds is 6. The molecule has 0 aliphatic carbocycles. The first-order chi connectivity index (χ1) is 14.6. The molecule has 1 unspecified atom stereocenters. The molecular weight excluding hydrogens is 418 g/mol. The van der Waals surface area contributed by atoms with Crippen LogP contribution in [0.1, 0.15) is 16.1 Å². The van der Waals surface area contributed by atoms with Gasteiger partial charge in [0.2, 0.25) is 0 Å². The van der Waals surface area contributed by atoms with Crippen molar-refractivity contribution in [2.75, 3.05) is 11.6 Å². The number of nitrogens with zero attached hydrogens (tertiary/aromatic N) is 4. The lowest BCUT2D eigenvalue weighted by molar-refractivity contribution is 0.102. The van der Waals surface area contributed by atoms with Gasteiger partial charge in [-0.3, -0.25) is 4.79 Å². The minimum Gasteiger partial charge on any atom is -0.609 e. The van der Waals surface area contributed by atoms with Crippen LogP contribution in [0.25, 0.3) is 10.8 Å². The third kappa shape index (κ3) is 4.76. The standard InChI is InChI=1S/C21H17N5O2S2/c1-30(28)21-23-10-8-16(25-21)13-29-20-17(7-4-9-22-20)19(27)26-18-11-14-5-2-3-6-15(14)12-24-18/h2-12H,13H2,1H3,(H,24,26,27). The highest BCUT2D eigenvalue weighted by Crippen LogP contribution is 2.25. The summed E-state index contributed by atoms with van der Waals surface area (Å²) in [5, 5.41) is 5.71. The molecule has 0 aliphatic rings. The molecule has 0 saturated carbocycles. The summed E-state index contributed by atoms with van der Waals surface area (Å²) in [5.74, 6) is 0.661. The van der Waals surface area contributed by atoms with Gasteiger partial charge < -0.3 is 9.87 Å². The van der Waals surface area contributed by atoms with Gasteiger partial charge >= 0.3 is 5.16 Å². The predicted octanol–water partition coefficient (Wildman–Crippen LogP) is 3.70. The molecule has 4 aromatic rings. The molecule has 3 heterocycles. The van der Waals surface area contributed by atoms with Crippen LogP contribution in [0, 0.1) is 0 Å². The molecule has 30 heavy (non-hydrogen) atoms. The van der Waals surface area contributed by atoms with Gasteiger partial charge in [-0.1, -0.05) is 36.0 Å². The lowest BCUT2D eigenvalue weighted by Gasteiger charge is -2.09. The van der Waals surface area contributed by atoms with Crippen LogP contribution in [-0.4, -0.2) is 36.7 Å². The van der Waals surface area contributed by atoms with Crippen molar-refractivity contribution < 1.29 is 9.35 Å². The van der Waals surface area contributed by atoms with Crippen molar-refractivity contribution in [1.29, 1.82) is 0 Å². The minimum atomic E-state index is -1.25. The molecule has 9 heteroatoms. The maximum Gasteiger partial charge on any atom is 0.342 e. The third-order valence-corrected chi connectivity index (χ3v) is 5.94. The lowest BCUT2D eigenvalue weighted by atomic mass is 10.2. The van der Waals surface area contributed by atoms with E-state index in [-0.39, 0.29) is 11.1 Å². The van der Waals surface area contributed by atoms with Gasteiger partial charge in [0.1, 0.15) is 17.1 Å². The van der Waals surface area contributed by atoms with Gasteiger partial charge in [0.15, 0.2) is 0 Å². The van der Waals surface area contributed by atoms with E-state index in [2.05, 4.69) is 25.3 Å². The van der Waals surface area contributed by atoms with E-state index >= 15 is 0 Å². The summed E-state index contributed by atoms with van der Waals surface area (Å²) in [6.45, 7) is 0. The van der Waals surface area contributed by atoms with Crippen LogP contribution < -0.4 is 5.32 Å². The molecule has 0 bridgehead atoms. The zero-order chi connectivity index (χ0) is 20.9.